The van der Waals surface area contributed by atoms with Crippen molar-refractivity contribution in [3.63, 3.8) is 0 Å². The number of rotatable bonds is 4. The van der Waals surface area contributed by atoms with E-state index < -0.39 is 11.4 Å². The van der Waals surface area contributed by atoms with E-state index in [0.29, 0.717) is 12.8 Å². The first kappa shape index (κ1) is 15.0. The Labute approximate surface area is 119 Å². The minimum absolute atomic E-state index is 0.170. The van der Waals surface area contributed by atoms with Gasteiger partial charge in [0.25, 0.3) is 0 Å². The third-order valence-electron chi connectivity index (χ3n) is 4.48. The van der Waals surface area contributed by atoms with E-state index in [4.69, 9.17) is 0 Å². The van der Waals surface area contributed by atoms with Gasteiger partial charge in [-0.1, -0.05) is 19.1 Å². The van der Waals surface area contributed by atoms with Gasteiger partial charge in [-0.25, -0.2) is 4.39 Å². The lowest BCUT2D eigenvalue weighted by Gasteiger charge is -2.40. The molecule has 1 heterocycles. The predicted octanol–water partition coefficient (Wildman–Crippen LogP) is 3.46. The van der Waals surface area contributed by atoms with Crippen molar-refractivity contribution in [3.8, 4) is 0 Å². The van der Waals surface area contributed by atoms with Gasteiger partial charge in [0.2, 0.25) is 0 Å². The molecule has 4 heteroatoms. The second-order valence-corrected chi connectivity index (χ2v) is 5.88. The molecule has 1 saturated heterocycles. The molecular formula is C16H22FNO2. The van der Waals surface area contributed by atoms with Crippen molar-refractivity contribution in [1.82, 2.24) is 4.90 Å². The third-order valence-corrected chi connectivity index (χ3v) is 4.48. The average Bonchev–Trinajstić information content (AvgIpc) is 2.42. The summed E-state index contributed by atoms with van der Waals surface area (Å²) in [5, 5.41) is 9.26. The van der Waals surface area contributed by atoms with Crippen molar-refractivity contribution in [1.29, 1.82) is 0 Å². The first-order valence-electron chi connectivity index (χ1n) is 7.19. The molecule has 1 atom stereocenters. The standard InChI is InChI=1S/C16H22FNO2/c1-3-14(12-5-4-6-13(17)11-12)18-9-7-16(2,8-10-18)15(19)20/h4-6,11,14H,3,7-10H2,1-2H3,(H,19,20). The van der Waals surface area contributed by atoms with Crippen LogP contribution >= 0.6 is 0 Å². The summed E-state index contributed by atoms with van der Waals surface area (Å²) in [7, 11) is 0. The Balaban J connectivity index is 2.10. The molecule has 0 bridgehead atoms. The van der Waals surface area contributed by atoms with Crippen LogP contribution in [0.4, 0.5) is 4.39 Å². The molecule has 20 heavy (non-hydrogen) atoms. The molecule has 0 aromatic heterocycles. The lowest BCUT2D eigenvalue weighted by atomic mass is 9.80. The van der Waals surface area contributed by atoms with E-state index >= 15 is 0 Å². The third kappa shape index (κ3) is 3.01. The number of carbonyl (C=O) groups is 1. The van der Waals surface area contributed by atoms with Crippen LogP contribution in [0.15, 0.2) is 24.3 Å². The van der Waals surface area contributed by atoms with E-state index in [0.717, 1.165) is 25.1 Å². The molecule has 1 aliphatic rings. The lowest BCUT2D eigenvalue weighted by molar-refractivity contribution is -0.151. The first-order valence-corrected chi connectivity index (χ1v) is 7.19. The van der Waals surface area contributed by atoms with Gasteiger partial charge in [-0.15, -0.1) is 0 Å². The fourth-order valence-electron chi connectivity index (χ4n) is 2.96. The number of piperidine rings is 1. The molecule has 0 radical (unpaired) electrons. The molecule has 0 saturated carbocycles. The SMILES string of the molecule is CCC(c1cccc(F)c1)N1CCC(C)(C(=O)O)CC1. The number of hydrogen-bond acceptors (Lipinski definition) is 2. The van der Waals surface area contributed by atoms with Crippen LogP contribution in [-0.2, 0) is 4.79 Å². The zero-order chi connectivity index (χ0) is 14.8. The Bertz CT molecular complexity index is 481. The molecule has 3 nitrogen and oxygen atoms in total. The number of carboxylic acid groups (broad SMARTS) is 1. The van der Waals surface area contributed by atoms with Gasteiger partial charge < -0.3 is 5.11 Å². The van der Waals surface area contributed by atoms with Crippen LogP contribution in [-0.4, -0.2) is 29.1 Å². The fraction of sp³-hybridized carbons (Fsp3) is 0.562. The van der Waals surface area contributed by atoms with Crippen molar-refractivity contribution in [3.05, 3.63) is 35.6 Å². The molecule has 1 aromatic rings. The van der Waals surface area contributed by atoms with Crippen molar-refractivity contribution in [2.24, 2.45) is 5.41 Å². The number of carboxylic acids is 1. The molecular weight excluding hydrogens is 257 g/mol. The maximum atomic E-state index is 13.4. The van der Waals surface area contributed by atoms with Crippen molar-refractivity contribution >= 4 is 5.97 Å². The summed E-state index contributed by atoms with van der Waals surface area (Å²) in [6.45, 7) is 5.39. The molecule has 110 valence electrons. The normalized spacial score (nSPS) is 20.6. The topological polar surface area (TPSA) is 40.5 Å². The molecule has 0 spiro atoms. The zero-order valence-corrected chi connectivity index (χ0v) is 12.1. The molecule has 1 unspecified atom stereocenters. The molecule has 1 N–H and O–H groups in total. The average molecular weight is 279 g/mol. The molecule has 1 aliphatic heterocycles. The van der Waals surface area contributed by atoms with Gasteiger partial charge in [0.1, 0.15) is 5.82 Å². The zero-order valence-electron chi connectivity index (χ0n) is 12.1. The highest BCUT2D eigenvalue weighted by atomic mass is 19.1. The Morgan fingerprint density at radius 3 is 2.60 bits per heavy atom. The lowest BCUT2D eigenvalue weighted by Crippen LogP contribution is -2.44. The Morgan fingerprint density at radius 2 is 2.10 bits per heavy atom. The monoisotopic (exact) mass is 279 g/mol. The minimum atomic E-state index is -0.712. The quantitative estimate of drug-likeness (QED) is 0.917. The number of benzene rings is 1. The highest BCUT2D eigenvalue weighted by Crippen LogP contribution is 2.35. The largest absolute Gasteiger partial charge is 0.481 e. The van der Waals surface area contributed by atoms with Crippen molar-refractivity contribution < 1.29 is 14.3 Å². The van der Waals surface area contributed by atoms with Crippen LogP contribution in [0.5, 0.6) is 0 Å². The van der Waals surface area contributed by atoms with Gasteiger partial charge in [0, 0.05) is 6.04 Å². The van der Waals surface area contributed by atoms with Crippen LogP contribution in [0.3, 0.4) is 0 Å². The molecule has 1 fully saturated rings. The molecule has 2 rings (SSSR count). The van der Waals surface area contributed by atoms with Gasteiger partial charge >= 0.3 is 5.97 Å². The first-order chi connectivity index (χ1) is 9.46. The smallest absolute Gasteiger partial charge is 0.309 e. The fourth-order valence-corrected chi connectivity index (χ4v) is 2.96. The van der Waals surface area contributed by atoms with E-state index in [1.807, 2.05) is 13.0 Å². The highest BCUT2D eigenvalue weighted by Gasteiger charge is 2.38. The summed E-state index contributed by atoms with van der Waals surface area (Å²) in [5.41, 5.74) is 0.364. The highest BCUT2D eigenvalue weighted by molar-refractivity contribution is 5.74. The van der Waals surface area contributed by atoms with Crippen molar-refractivity contribution in [2.45, 2.75) is 39.2 Å². The van der Waals surface area contributed by atoms with Crippen LogP contribution in [0.2, 0.25) is 0 Å². The van der Waals surface area contributed by atoms with Crippen LogP contribution in [0.1, 0.15) is 44.7 Å². The van der Waals surface area contributed by atoms with E-state index in [9.17, 15) is 14.3 Å². The maximum absolute atomic E-state index is 13.4. The molecule has 1 aromatic carbocycles. The van der Waals surface area contributed by atoms with Gasteiger partial charge in [0.15, 0.2) is 0 Å². The number of likely N-dealkylation sites (tertiary alicyclic amines) is 1. The summed E-state index contributed by atoms with van der Waals surface area (Å²) in [6.07, 6.45) is 2.19. The minimum Gasteiger partial charge on any atom is -0.481 e. The summed E-state index contributed by atoms with van der Waals surface area (Å²) in [6, 6.07) is 6.89. The maximum Gasteiger partial charge on any atom is 0.309 e. The van der Waals surface area contributed by atoms with Crippen LogP contribution in [0.25, 0.3) is 0 Å². The van der Waals surface area contributed by atoms with E-state index in [1.54, 1.807) is 12.1 Å². The van der Waals surface area contributed by atoms with E-state index in [-0.39, 0.29) is 11.9 Å². The van der Waals surface area contributed by atoms with Crippen LogP contribution < -0.4 is 0 Å². The number of hydrogen-bond donors (Lipinski definition) is 1. The molecule has 0 aliphatic carbocycles. The summed E-state index contributed by atoms with van der Waals surface area (Å²) < 4.78 is 13.4. The van der Waals surface area contributed by atoms with Gasteiger partial charge in [-0.3, -0.25) is 9.69 Å². The van der Waals surface area contributed by atoms with Crippen LogP contribution in [0, 0.1) is 11.2 Å². The summed E-state index contributed by atoms with van der Waals surface area (Å²) in [4.78, 5) is 13.5. The number of nitrogens with zero attached hydrogens (tertiary/aromatic N) is 1. The van der Waals surface area contributed by atoms with Gasteiger partial charge in [-0.05, 0) is 57.0 Å². The van der Waals surface area contributed by atoms with Gasteiger partial charge in [-0.2, -0.15) is 0 Å². The predicted molar refractivity (Wildman–Crippen MR) is 76.0 cm³/mol. The Hall–Kier alpha value is -1.42. The van der Waals surface area contributed by atoms with E-state index in [2.05, 4.69) is 11.8 Å². The molecule has 0 amide bonds. The summed E-state index contributed by atoms with van der Waals surface area (Å²) >= 11 is 0. The Morgan fingerprint density at radius 1 is 1.45 bits per heavy atom. The second kappa shape index (κ2) is 5.92. The number of aliphatic carboxylic acids is 1. The number of halogens is 1. The second-order valence-electron chi connectivity index (χ2n) is 5.88. The Kier molecular flexibility index (Phi) is 4.43. The van der Waals surface area contributed by atoms with Gasteiger partial charge in [0.05, 0.1) is 5.41 Å². The van der Waals surface area contributed by atoms with Crippen molar-refractivity contribution in [2.75, 3.05) is 13.1 Å². The van der Waals surface area contributed by atoms with E-state index in [1.165, 1.54) is 6.07 Å². The summed E-state index contributed by atoms with van der Waals surface area (Å²) in [5.74, 6) is -0.927.